The maximum absolute atomic E-state index is 12.4. The minimum Gasteiger partial charge on any atom is -0.495 e. The molecule has 0 atom stereocenters. The number of amides is 1. The van der Waals surface area contributed by atoms with Crippen molar-refractivity contribution < 1.29 is 17.9 Å². The zero-order chi connectivity index (χ0) is 20.3. The number of anilines is 1. The maximum Gasteiger partial charge on any atom is 0.248 e. The number of sulfonamides is 1. The Bertz CT molecular complexity index is 1030. The summed E-state index contributed by atoms with van der Waals surface area (Å²) in [7, 11) is -2.22. The molecule has 0 heterocycles. The zero-order valence-corrected chi connectivity index (χ0v) is 17.2. The molecule has 0 radical (unpaired) electrons. The van der Waals surface area contributed by atoms with E-state index in [1.165, 1.54) is 37.5 Å². The van der Waals surface area contributed by atoms with E-state index in [9.17, 15) is 13.2 Å². The van der Waals surface area contributed by atoms with Crippen molar-refractivity contribution in [1.29, 1.82) is 0 Å². The highest BCUT2D eigenvalue weighted by atomic mass is 35.5. The number of rotatable bonds is 7. The fraction of sp³-hybridized carbons (Fsp3) is 0.211. The van der Waals surface area contributed by atoms with Crippen LogP contribution in [-0.4, -0.2) is 27.5 Å². The minimum absolute atomic E-state index is 0.0180. The molecule has 0 aliphatic heterocycles. The number of halogens is 2. The van der Waals surface area contributed by atoms with Gasteiger partial charge in [0.25, 0.3) is 0 Å². The zero-order valence-electron chi connectivity index (χ0n) is 14.9. The summed E-state index contributed by atoms with van der Waals surface area (Å²) in [5.74, 6) is -0.132. The molecule has 1 amide bonds. The number of hydrogen-bond acceptors (Lipinski definition) is 4. The highest BCUT2D eigenvalue weighted by Gasteiger charge is 2.28. The van der Waals surface area contributed by atoms with Crippen LogP contribution in [0.15, 0.2) is 47.4 Å². The molecule has 0 unspecified atom stereocenters. The number of ether oxygens (including phenoxy) is 1. The normalized spacial score (nSPS) is 14.2. The number of hydrogen-bond donors (Lipinski definition) is 2. The molecule has 0 spiro atoms. The molecular weight excluding hydrogens is 423 g/mol. The van der Waals surface area contributed by atoms with Crippen molar-refractivity contribution in [1.82, 2.24) is 4.72 Å². The predicted molar refractivity (Wildman–Crippen MR) is 110 cm³/mol. The van der Waals surface area contributed by atoms with Gasteiger partial charge >= 0.3 is 0 Å². The molecule has 1 fully saturated rings. The largest absolute Gasteiger partial charge is 0.495 e. The lowest BCUT2D eigenvalue weighted by Crippen LogP contribution is -2.25. The first-order valence-corrected chi connectivity index (χ1v) is 10.7. The summed E-state index contributed by atoms with van der Waals surface area (Å²) >= 11 is 12.0. The van der Waals surface area contributed by atoms with E-state index in [2.05, 4.69) is 10.0 Å². The van der Waals surface area contributed by atoms with Crippen molar-refractivity contribution in [2.24, 2.45) is 0 Å². The van der Waals surface area contributed by atoms with E-state index in [1.807, 2.05) is 0 Å². The molecular formula is C19H18Cl2N2O4S. The summed E-state index contributed by atoms with van der Waals surface area (Å²) in [6.45, 7) is 0. The Morgan fingerprint density at radius 1 is 1.18 bits per heavy atom. The summed E-state index contributed by atoms with van der Waals surface area (Å²) in [6, 6.07) is 9.18. The molecule has 2 aromatic carbocycles. The molecule has 2 aromatic rings. The fourth-order valence-corrected chi connectivity index (χ4v) is 4.11. The fourth-order valence-electron chi connectivity index (χ4n) is 2.42. The summed E-state index contributed by atoms with van der Waals surface area (Å²) in [4.78, 5) is 12.4. The predicted octanol–water partition coefficient (Wildman–Crippen LogP) is 4.09. The van der Waals surface area contributed by atoms with Gasteiger partial charge in [-0.25, -0.2) is 13.1 Å². The van der Waals surface area contributed by atoms with Gasteiger partial charge in [0.05, 0.1) is 17.7 Å². The van der Waals surface area contributed by atoms with Crippen molar-refractivity contribution in [3.63, 3.8) is 0 Å². The Morgan fingerprint density at radius 2 is 1.93 bits per heavy atom. The Labute approximate surface area is 173 Å². The van der Waals surface area contributed by atoms with Gasteiger partial charge in [0.1, 0.15) is 5.75 Å². The number of nitrogens with one attached hydrogen (secondary N) is 2. The van der Waals surface area contributed by atoms with E-state index >= 15 is 0 Å². The Morgan fingerprint density at radius 3 is 2.61 bits per heavy atom. The Hall–Kier alpha value is -2.06. The van der Waals surface area contributed by atoms with Crippen LogP contribution in [0.5, 0.6) is 5.75 Å². The third-order valence-corrected chi connectivity index (χ3v) is 6.11. The van der Waals surface area contributed by atoms with Crippen molar-refractivity contribution in [3.05, 3.63) is 58.1 Å². The second-order valence-corrected chi connectivity index (χ2v) is 8.80. The average molecular weight is 441 g/mol. The van der Waals surface area contributed by atoms with Crippen molar-refractivity contribution in [2.75, 3.05) is 12.4 Å². The highest BCUT2D eigenvalue weighted by molar-refractivity contribution is 7.89. The van der Waals surface area contributed by atoms with Gasteiger partial charge in [-0.2, -0.15) is 0 Å². The summed E-state index contributed by atoms with van der Waals surface area (Å²) in [5, 5.41) is 3.57. The van der Waals surface area contributed by atoms with Crippen LogP contribution in [0.1, 0.15) is 18.4 Å². The third-order valence-electron chi connectivity index (χ3n) is 4.01. The molecule has 6 nitrogen and oxygen atoms in total. The van der Waals surface area contributed by atoms with Crippen molar-refractivity contribution >= 4 is 50.9 Å². The molecule has 1 aliphatic carbocycles. The first-order valence-electron chi connectivity index (χ1n) is 8.43. The monoisotopic (exact) mass is 440 g/mol. The molecule has 28 heavy (non-hydrogen) atoms. The smallest absolute Gasteiger partial charge is 0.248 e. The van der Waals surface area contributed by atoms with Crippen LogP contribution in [0.2, 0.25) is 10.0 Å². The van der Waals surface area contributed by atoms with Crippen LogP contribution < -0.4 is 14.8 Å². The molecule has 1 saturated carbocycles. The molecule has 1 aliphatic rings. The Balaban J connectivity index is 1.80. The lowest BCUT2D eigenvalue weighted by atomic mass is 10.2. The topological polar surface area (TPSA) is 84.5 Å². The van der Waals surface area contributed by atoms with E-state index < -0.39 is 15.9 Å². The standard InChI is InChI=1S/C19H18Cl2N2O4S/c1-27-18-8-6-15(28(25,26)23-14-4-5-14)11-17(18)22-19(24)9-2-12-10-13(20)3-7-16(12)21/h2-3,6-11,14,23H,4-5H2,1H3,(H,22,24)/b9-2+. The molecule has 2 N–H and O–H groups in total. The molecule has 0 aromatic heterocycles. The first kappa shape index (κ1) is 20.7. The second-order valence-electron chi connectivity index (χ2n) is 6.25. The molecule has 9 heteroatoms. The average Bonchev–Trinajstić information content (AvgIpc) is 3.45. The van der Waals surface area contributed by atoms with Gasteiger partial charge in [-0.15, -0.1) is 0 Å². The number of carbonyl (C=O) groups excluding carboxylic acids is 1. The van der Waals surface area contributed by atoms with Gasteiger partial charge in [-0.3, -0.25) is 4.79 Å². The van der Waals surface area contributed by atoms with Gasteiger partial charge in [-0.05, 0) is 60.9 Å². The molecule has 0 bridgehead atoms. The SMILES string of the molecule is COc1ccc(S(=O)(=O)NC2CC2)cc1NC(=O)/C=C/c1cc(Cl)ccc1Cl. The molecule has 0 saturated heterocycles. The van der Waals surface area contributed by atoms with E-state index in [0.717, 1.165) is 12.8 Å². The van der Waals surface area contributed by atoms with Gasteiger partial charge in [0.2, 0.25) is 15.9 Å². The van der Waals surface area contributed by atoms with Crippen LogP contribution in [0.4, 0.5) is 5.69 Å². The minimum atomic E-state index is -3.65. The van der Waals surface area contributed by atoms with E-state index in [-0.39, 0.29) is 16.6 Å². The maximum atomic E-state index is 12.4. The van der Waals surface area contributed by atoms with Crippen LogP contribution in [0.25, 0.3) is 6.08 Å². The Kier molecular flexibility index (Phi) is 6.30. The van der Waals surface area contributed by atoms with Gasteiger partial charge in [0, 0.05) is 22.2 Å². The highest BCUT2D eigenvalue weighted by Crippen LogP contribution is 2.29. The lowest BCUT2D eigenvalue weighted by Gasteiger charge is -2.12. The molecule has 3 rings (SSSR count). The first-order chi connectivity index (χ1) is 13.3. The number of benzene rings is 2. The van der Waals surface area contributed by atoms with E-state index in [0.29, 0.717) is 21.4 Å². The summed E-state index contributed by atoms with van der Waals surface area (Å²) in [6.07, 6.45) is 4.46. The summed E-state index contributed by atoms with van der Waals surface area (Å²) < 4.78 is 32.6. The van der Waals surface area contributed by atoms with Crippen LogP contribution in [0, 0.1) is 0 Å². The lowest BCUT2D eigenvalue weighted by molar-refractivity contribution is -0.111. The second kappa shape index (κ2) is 8.53. The van der Waals surface area contributed by atoms with E-state index in [4.69, 9.17) is 27.9 Å². The quantitative estimate of drug-likeness (QED) is 0.634. The number of carbonyl (C=O) groups is 1. The number of methoxy groups -OCH3 is 1. The van der Waals surface area contributed by atoms with Gasteiger partial charge in [0.15, 0.2) is 0 Å². The molecule has 148 valence electrons. The van der Waals surface area contributed by atoms with Crippen molar-refractivity contribution in [3.8, 4) is 5.75 Å². The van der Waals surface area contributed by atoms with Crippen LogP contribution in [0.3, 0.4) is 0 Å². The van der Waals surface area contributed by atoms with Gasteiger partial charge in [-0.1, -0.05) is 23.2 Å². The van der Waals surface area contributed by atoms with Crippen LogP contribution in [-0.2, 0) is 14.8 Å². The van der Waals surface area contributed by atoms with Crippen LogP contribution >= 0.6 is 23.2 Å². The van der Waals surface area contributed by atoms with Gasteiger partial charge < -0.3 is 10.1 Å². The third kappa shape index (κ3) is 5.26. The van der Waals surface area contributed by atoms with E-state index in [1.54, 1.807) is 18.2 Å². The summed E-state index contributed by atoms with van der Waals surface area (Å²) in [5.41, 5.74) is 0.828. The van der Waals surface area contributed by atoms with Crippen molar-refractivity contribution in [2.45, 2.75) is 23.8 Å².